The minimum Gasteiger partial charge on any atom is -0.0824 e. The lowest BCUT2D eigenvalue weighted by Crippen LogP contribution is -2.26. The summed E-state index contributed by atoms with van der Waals surface area (Å²) in [6, 6.07) is 32.3. The molecule has 0 saturated heterocycles. The molecule has 0 fully saturated rings. The smallest absolute Gasteiger partial charge is 0.0425 e. The van der Waals surface area contributed by atoms with Crippen LogP contribution in [0, 0.1) is 0 Å². The van der Waals surface area contributed by atoms with Crippen LogP contribution in [-0.2, 0) is 5.41 Å². The number of allylic oxidation sites excluding steroid dienone is 4. The Bertz CT molecular complexity index is 816. The summed E-state index contributed by atoms with van der Waals surface area (Å²) in [5.41, 5.74) is 5.13. The van der Waals surface area contributed by atoms with E-state index in [1.807, 2.05) is 0 Å². The largest absolute Gasteiger partial charge is 0.0824 e. The average molecular weight is 308 g/mol. The highest BCUT2D eigenvalue weighted by molar-refractivity contribution is 5.78. The van der Waals surface area contributed by atoms with Crippen LogP contribution in [0.2, 0.25) is 0 Å². The highest BCUT2D eigenvalue weighted by atomic mass is 14.3. The van der Waals surface area contributed by atoms with Gasteiger partial charge in [-0.05, 0) is 28.7 Å². The molecule has 0 unspecified atom stereocenters. The van der Waals surface area contributed by atoms with Crippen LogP contribution in [0.25, 0.3) is 5.57 Å². The van der Waals surface area contributed by atoms with Crippen LogP contribution in [0.5, 0.6) is 0 Å². The zero-order valence-electron chi connectivity index (χ0n) is 13.6. The van der Waals surface area contributed by atoms with E-state index in [-0.39, 0.29) is 5.41 Å². The summed E-state index contributed by atoms with van der Waals surface area (Å²) < 4.78 is 0. The molecule has 3 aromatic carbocycles. The van der Waals surface area contributed by atoms with Crippen molar-refractivity contribution < 1.29 is 0 Å². The van der Waals surface area contributed by atoms with Gasteiger partial charge in [-0.1, -0.05) is 109 Å². The van der Waals surface area contributed by atoms with Gasteiger partial charge in [0.25, 0.3) is 0 Å². The van der Waals surface area contributed by atoms with Gasteiger partial charge in [0.1, 0.15) is 0 Å². The molecule has 3 aromatic rings. The number of benzene rings is 3. The van der Waals surface area contributed by atoms with E-state index in [1.54, 1.807) is 0 Å². The highest BCUT2D eigenvalue weighted by Crippen LogP contribution is 2.42. The Balaban J connectivity index is 1.92. The number of hydrogen-bond donors (Lipinski definition) is 0. The molecule has 4 rings (SSSR count). The Labute approximate surface area is 143 Å². The Kier molecular flexibility index (Phi) is 3.88. The van der Waals surface area contributed by atoms with Gasteiger partial charge < -0.3 is 0 Å². The second kappa shape index (κ2) is 6.33. The van der Waals surface area contributed by atoms with Crippen molar-refractivity contribution in [3.63, 3.8) is 0 Å². The summed E-state index contributed by atoms with van der Waals surface area (Å²) in [4.78, 5) is 0. The van der Waals surface area contributed by atoms with Crippen molar-refractivity contribution >= 4 is 5.57 Å². The number of rotatable bonds is 3. The van der Waals surface area contributed by atoms with Crippen molar-refractivity contribution in [2.45, 2.75) is 11.8 Å². The third kappa shape index (κ3) is 2.61. The van der Waals surface area contributed by atoms with Crippen LogP contribution in [0.1, 0.15) is 23.1 Å². The van der Waals surface area contributed by atoms with Crippen molar-refractivity contribution in [1.82, 2.24) is 0 Å². The molecule has 0 heteroatoms. The molecule has 116 valence electrons. The molecule has 1 aliphatic rings. The molecule has 0 heterocycles. The van der Waals surface area contributed by atoms with Gasteiger partial charge >= 0.3 is 0 Å². The van der Waals surface area contributed by atoms with Crippen molar-refractivity contribution in [1.29, 1.82) is 0 Å². The Morgan fingerprint density at radius 1 is 0.583 bits per heavy atom. The van der Waals surface area contributed by atoms with Crippen molar-refractivity contribution in [3.8, 4) is 0 Å². The summed E-state index contributed by atoms with van der Waals surface area (Å²) in [7, 11) is 0. The molecule has 1 aliphatic carbocycles. The Morgan fingerprint density at radius 2 is 1.08 bits per heavy atom. The molecule has 0 saturated carbocycles. The molecule has 0 bridgehead atoms. The molecular weight excluding hydrogens is 288 g/mol. The fraction of sp³-hybridized carbons (Fsp3) is 0.0833. The van der Waals surface area contributed by atoms with Gasteiger partial charge in [0.2, 0.25) is 0 Å². The van der Waals surface area contributed by atoms with Crippen LogP contribution in [0.3, 0.4) is 0 Å². The Hall–Kier alpha value is -2.86. The van der Waals surface area contributed by atoms with E-state index in [0.717, 1.165) is 6.42 Å². The minimum absolute atomic E-state index is 0.109. The third-order valence-corrected chi connectivity index (χ3v) is 4.82. The zero-order valence-corrected chi connectivity index (χ0v) is 13.6. The molecule has 0 radical (unpaired) electrons. The molecule has 0 nitrogen and oxygen atoms in total. The van der Waals surface area contributed by atoms with Crippen LogP contribution >= 0.6 is 0 Å². The topological polar surface area (TPSA) is 0 Å². The summed E-state index contributed by atoms with van der Waals surface area (Å²) in [6.45, 7) is 0. The SMILES string of the molecule is C1=CC(c2ccccc2)=CC(c2ccccc2)(c2ccccc2)C1. The highest BCUT2D eigenvalue weighted by Gasteiger charge is 2.32. The Morgan fingerprint density at radius 3 is 1.62 bits per heavy atom. The average Bonchev–Trinajstić information content (AvgIpc) is 2.70. The van der Waals surface area contributed by atoms with E-state index in [0.29, 0.717) is 0 Å². The van der Waals surface area contributed by atoms with E-state index >= 15 is 0 Å². The maximum Gasteiger partial charge on any atom is 0.0425 e. The molecule has 0 aromatic heterocycles. The summed E-state index contributed by atoms with van der Waals surface area (Å²) in [5.74, 6) is 0. The van der Waals surface area contributed by atoms with Gasteiger partial charge in [-0.15, -0.1) is 0 Å². The first kappa shape index (κ1) is 14.7. The van der Waals surface area contributed by atoms with Gasteiger partial charge in [-0.25, -0.2) is 0 Å². The van der Waals surface area contributed by atoms with Crippen molar-refractivity contribution in [2.75, 3.05) is 0 Å². The van der Waals surface area contributed by atoms with Gasteiger partial charge in [-0.3, -0.25) is 0 Å². The van der Waals surface area contributed by atoms with Gasteiger partial charge in [0.05, 0.1) is 0 Å². The zero-order chi connectivity index (χ0) is 16.2. The molecule has 0 N–H and O–H groups in total. The van der Waals surface area contributed by atoms with E-state index < -0.39 is 0 Å². The summed E-state index contributed by atoms with van der Waals surface area (Å²) >= 11 is 0. The maximum absolute atomic E-state index is 2.44. The minimum atomic E-state index is -0.109. The van der Waals surface area contributed by atoms with Crippen LogP contribution in [0.15, 0.2) is 109 Å². The molecule has 24 heavy (non-hydrogen) atoms. The van der Waals surface area contributed by atoms with E-state index in [4.69, 9.17) is 0 Å². The predicted octanol–water partition coefficient (Wildman–Crippen LogP) is 6.02. The monoisotopic (exact) mass is 308 g/mol. The van der Waals surface area contributed by atoms with Crippen molar-refractivity contribution in [3.05, 3.63) is 126 Å². The van der Waals surface area contributed by atoms with E-state index in [2.05, 4.69) is 109 Å². The van der Waals surface area contributed by atoms with Crippen LogP contribution < -0.4 is 0 Å². The fourth-order valence-corrected chi connectivity index (χ4v) is 3.59. The standard InChI is InChI=1S/C24H20/c1-4-11-20(12-5-1)21-13-10-18-24(19-21,22-14-6-2-7-15-22)23-16-8-3-9-17-23/h1-17,19H,18H2. The number of hydrogen-bond acceptors (Lipinski definition) is 0. The van der Waals surface area contributed by atoms with Gasteiger partial charge in [0.15, 0.2) is 0 Å². The second-order valence-corrected chi connectivity index (χ2v) is 6.28. The quantitative estimate of drug-likeness (QED) is 0.555. The van der Waals surface area contributed by atoms with Gasteiger partial charge in [-0.2, -0.15) is 0 Å². The molecule has 0 atom stereocenters. The fourth-order valence-electron chi connectivity index (χ4n) is 3.59. The second-order valence-electron chi connectivity index (χ2n) is 6.28. The van der Waals surface area contributed by atoms with Gasteiger partial charge in [0, 0.05) is 5.41 Å². The normalized spacial score (nSPS) is 15.8. The molecular formula is C24H20. The lowest BCUT2D eigenvalue weighted by Gasteiger charge is -2.34. The van der Waals surface area contributed by atoms with E-state index in [1.165, 1.54) is 22.3 Å². The first-order chi connectivity index (χ1) is 11.9. The van der Waals surface area contributed by atoms with Crippen molar-refractivity contribution in [2.24, 2.45) is 0 Å². The predicted molar refractivity (Wildman–Crippen MR) is 102 cm³/mol. The first-order valence-corrected chi connectivity index (χ1v) is 8.44. The van der Waals surface area contributed by atoms with Crippen LogP contribution in [0.4, 0.5) is 0 Å². The third-order valence-electron chi connectivity index (χ3n) is 4.82. The molecule has 0 aliphatic heterocycles. The maximum atomic E-state index is 2.44. The van der Waals surface area contributed by atoms with Crippen LogP contribution in [-0.4, -0.2) is 0 Å². The molecule has 0 amide bonds. The summed E-state index contributed by atoms with van der Waals surface area (Å²) in [5, 5.41) is 0. The lowest BCUT2D eigenvalue weighted by molar-refractivity contribution is 0.650. The molecule has 0 spiro atoms. The summed E-state index contributed by atoms with van der Waals surface area (Å²) in [6.07, 6.45) is 7.98. The van der Waals surface area contributed by atoms with E-state index in [9.17, 15) is 0 Å². The first-order valence-electron chi connectivity index (χ1n) is 8.44. The lowest BCUT2D eigenvalue weighted by atomic mass is 9.68.